The summed E-state index contributed by atoms with van der Waals surface area (Å²) < 4.78 is 7.52. The minimum absolute atomic E-state index is 0. The van der Waals surface area contributed by atoms with E-state index >= 15 is 0 Å². The van der Waals surface area contributed by atoms with E-state index in [4.69, 9.17) is 4.74 Å². The van der Waals surface area contributed by atoms with E-state index in [1.807, 2.05) is 16.9 Å². The number of nitrogens with one attached hydrogen (secondary N) is 1. The average molecular weight is 268 g/mol. The Labute approximate surface area is 113 Å². The number of aromatic nitrogens is 2. The van der Waals surface area contributed by atoms with Gasteiger partial charge in [0.25, 0.3) is 0 Å². The van der Waals surface area contributed by atoms with Gasteiger partial charge in [-0.2, -0.15) is 5.10 Å². The summed E-state index contributed by atoms with van der Waals surface area (Å²) in [6, 6.07) is 6.31. The molecular formula is C13H18ClN3O. The van der Waals surface area contributed by atoms with Crippen molar-refractivity contribution in [1.29, 1.82) is 0 Å². The highest BCUT2D eigenvalue weighted by atomic mass is 35.5. The van der Waals surface area contributed by atoms with Crippen LogP contribution in [0.15, 0.2) is 30.6 Å². The van der Waals surface area contributed by atoms with Crippen LogP contribution in [0, 0.1) is 5.92 Å². The Morgan fingerprint density at radius 2 is 2.39 bits per heavy atom. The number of hydrogen-bond donors (Lipinski definition) is 1. The molecule has 98 valence electrons. The molecule has 0 amide bonds. The maximum atomic E-state index is 5.59. The molecule has 0 radical (unpaired) electrons. The van der Waals surface area contributed by atoms with Crippen molar-refractivity contribution in [2.75, 3.05) is 26.3 Å². The summed E-state index contributed by atoms with van der Waals surface area (Å²) in [6.07, 6.45) is 4.88. The van der Waals surface area contributed by atoms with Gasteiger partial charge in [0.1, 0.15) is 0 Å². The third kappa shape index (κ3) is 2.83. The lowest BCUT2D eigenvalue weighted by atomic mass is 10.00. The fourth-order valence-corrected chi connectivity index (χ4v) is 2.39. The van der Waals surface area contributed by atoms with E-state index in [9.17, 15) is 0 Å². The SMILES string of the molecule is Cl.c1cc(CC2CNCCOC2)c2ccnn2c1. The van der Waals surface area contributed by atoms with Crippen molar-refractivity contribution < 1.29 is 4.74 Å². The number of nitrogens with zero attached hydrogens (tertiary/aromatic N) is 2. The predicted octanol–water partition coefficient (Wildman–Crippen LogP) is 1.53. The van der Waals surface area contributed by atoms with E-state index in [1.165, 1.54) is 11.1 Å². The molecule has 0 saturated carbocycles. The van der Waals surface area contributed by atoms with Crippen LogP contribution in [0.25, 0.3) is 5.52 Å². The number of fused-ring (bicyclic) bond motifs is 1. The molecule has 5 heteroatoms. The minimum atomic E-state index is 0. The Balaban J connectivity index is 0.00000120. The molecule has 1 aliphatic rings. The predicted molar refractivity (Wildman–Crippen MR) is 73.3 cm³/mol. The fraction of sp³-hybridized carbons (Fsp3) is 0.462. The van der Waals surface area contributed by atoms with Gasteiger partial charge < -0.3 is 10.1 Å². The van der Waals surface area contributed by atoms with Crippen LogP contribution in [0.3, 0.4) is 0 Å². The largest absolute Gasteiger partial charge is 0.380 e. The molecule has 1 aliphatic heterocycles. The Morgan fingerprint density at radius 3 is 3.33 bits per heavy atom. The lowest BCUT2D eigenvalue weighted by Crippen LogP contribution is -2.24. The average Bonchev–Trinajstić information content (AvgIpc) is 2.69. The lowest BCUT2D eigenvalue weighted by Gasteiger charge is -2.14. The second-order valence-electron chi connectivity index (χ2n) is 4.54. The summed E-state index contributed by atoms with van der Waals surface area (Å²) in [4.78, 5) is 0. The molecule has 4 nitrogen and oxygen atoms in total. The maximum absolute atomic E-state index is 5.59. The lowest BCUT2D eigenvalue weighted by molar-refractivity contribution is 0.123. The molecule has 1 fully saturated rings. The topological polar surface area (TPSA) is 38.6 Å². The van der Waals surface area contributed by atoms with Gasteiger partial charge in [0.05, 0.1) is 18.7 Å². The first kappa shape index (κ1) is 13.3. The zero-order valence-corrected chi connectivity index (χ0v) is 11.0. The Hall–Kier alpha value is -1.10. The number of pyridine rings is 1. The standard InChI is InChI=1S/C13H17N3O.ClH/c1-2-12(13-3-4-15-16(13)6-1)8-11-9-14-5-7-17-10-11;/h1-4,6,11,14H,5,7-10H2;1H. The van der Waals surface area contributed by atoms with Crippen molar-refractivity contribution in [3.8, 4) is 0 Å². The number of ether oxygens (including phenoxy) is 1. The molecule has 1 unspecified atom stereocenters. The first-order chi connectivity index (χ1) is 8.43. The van der Waals surface area contributed by atoms with Crippen LogP contribution in [0.1, 0.15) is 5.56 Å². The van der Waals surface area contributed by atoms with E-state index in [-0.39, 0.29) is 12.4 Å². The number of halogens is 1. The molecule has 3 rings (SSSR count). The third-order valence-corrected chi connectivity index (χ3v) is 3.24. The van der Waals surface area contributed by atoms with Gasteiger partial charge in [-0.05, 0) is 30.0 Å². The monoisotopic (exact) mass is 267 g/mol. The van der Waals surface area contributed by atoms with Crippen LogP contribution < -0.4 is 5.32 Å². The summed E-state index contributed by atoms with van der Waals surface area (Å²) in [6.45, 7) is 3.68. The Kier molecular flexibility index (Phi) is 4.58. The number of hydrogen-bond acceptors (Lipinski definition) is 3. The molecule has 1 atom stereocenters. The summed E-state index contributed by atoms with van der Waals surface area (Å²) in [5.74, 6) is 0.554. The van der Waals surface area contributed by atoms with Crippen LogP contribution in [0.5, 0.6) is 0 Å². The van der Waals surface area contributed by atoms with E-state index in [2.05, 4.69) is 28.6 Å². The van der Waals surface area contributed by atoms with Crippen LogP contribution in [-0.2, 0) is 11.2 Å². The molecule has 1 saturated heterocycles. The second-order valence-corrected chi connectivity index (χ2v) is 4.54. The van der Waals surface area contributed by atoms with E-state index < -0.39 is 0 Å². The zero-order valence-electron chi connectivity index (χ0n) is 10.2. The van der Waals surface area contributed by atoms with Crippen molar-refractivity contribution >= 4 is 17.9 Å². The number of rotatable bonds is 2. The van der Waals surface area contributed by atoms with Crippen LogP contribution >= 0.6 is 12.4 Å². The maximum Gasteiger partial charge on any atom is 0.0693 e. The van der Waals surface area contributed by atoms with Gasteiger partial charge in [-0.25, -0.2) is 4.52 Å². The summed E-state index contributed by atoms with van der Waals surface area (Å²) >= 11 is 0. The minimum Gasteiger partial charge on any atom is -0.380 e. The van der Waals surface area contributed by atoms with E-state index in [0.29, 0.717) is 5.92 Å². The molecule has 2 aromatic heterocycles. The third-order valence-electron chi connectivity index (χ3n) is 3.24. The van der Waals surface area contributed by atoms with Crippen molar-refractivity contribution in [2.24, 2.45) is 5.92 Å². The first-order valence-corrected chi connectivity index (χ1v) is 6.13. The molecule has 18 heavy (non-hydrogen) atoms. The summed E-state index contributed by atoms with van der Waals surface area (Å²) in [5.41, 5.74) is 2.55. The van der Waals surface area contributed by atoms with Crippen molar-refractivity contribution in [3.05, 3.63) is 36.2 Å². The zero-order chi connectivity index (χ0) is 11.5. The second kappa shape index (κ2) is 6.18. The molecule has 0 aliphatic carbocycles. The van der Waals surface area contributed by atoms with Gasteiger partial charge in [-0.1, -0.05) is 6.07 Å². The highest BCUT2D eigenvalue weighted by Gasteiger charge is 2.14. The Bertz CT molecular complexity index is 492. The summed E-state index contributed by atoms with van der Waals surface area (Å²) in [5, 5.41) is 7.67. The van der Waals surface area contributed by atoms with Crippen LogP contribution in [-0.4, -0.2) is 35.9 Å². The molecular weight excluding hydrogens is 250 g/mol. The molecule has 0 aromatic carbocycles. The van der Waals surface area contributed by atoms with Crippen LogP contribution in [0.4, 0.5) is 0 Å². The summed E-state index contributed by atoms with van der Waals surface area (Å²) in [7, 11) is 0. The van der Waals surface area contributed by atoms with Gasteiger partial charge in [0, 0.05) is 25.5 Å². The highest BCUT2D eigenvalue weighted by molar-refractivity contribution is 5.85. The van der Waals surface area contributed by atoms with Gasteiger partial charge in [0.15, 0.2) is 0 Å². The quantitative estimate of drug-likeness (QED) is 0.897. The van der Waals surface area contributed by atoms with Gasteiger partial charge in [-0.3, -0.25) is 0 Å². The van der Waals surface area contributed by atoms with Crippen LogP contribution in [0.2, 0.25) is 0 Å². The van der Waals surface area contributed by atoms with E-state index in [0.717, 1.165) is 32.7 Å². The van der Waals surface area contributed by atoms with Gasteiger partial charge in [0.2, 0.25) is 0 Å². The van der Waals surface area contributed by atoms with Crippen molar-refractivity contribution in [2.45, 2.75) is 6.42 Å². The first-order valence-electron chi connectivity index (χ1n) is 6.13. The smallest absolute Gasteiger partial charge is 0.0693 e. The van der Waals surface area contributed by atoms with E-state index in [1.54, 1.807) is 0 Å². The fourth-order valence-electron chi connectivity index (χ4n) is 2.39. The molecule has 1 N–H and O–H groups in total. The normalized spacial score (nSPS) is 20.3. The Morgan fingerprint density at radius 1 is 1.44 bits per heavy atom. The van der Waals surface area contributed by atoms with Gasteiger partial charge >= 0.3 is 0 Å². The van der Waals surface area contributed by atoms with Gasteiger partial charge in [-0.15, -0.1) is 12.4 Å². The molecule has 3 heterocycles. The molecule has 2 aromatic rings. The molecule has 0 spiro atoms. The highest BCUT2D eigenvalue weighted by Crippen LogP contribution is 2.15. The van der Waals surface area contributed by atoms with Crippen molar-refractivity contribution in [3.63, 3.8) is 0 Å². The van der Waals surface area contributed by atoms with Crippen molar-refractivity contribution in [1.82, 2.24) is 14.9 Å². The molecule has 0 bridgehead atoms.